The molecular weight excluding hydrogens is 246 g/mol. The summed E-state index contributed by atoms with van der Waals surface area (Å²) >= 11 is 0. The third-order valence-electron chi connectivity index (χ3n) is 2.49. The first-order valence-electron chi connectivity index (χ1n) is 6.45. The molecule has 19 heavy (non-hydrogen) atoms. The molecule has 0 aromatic carbocycles. The number of methoxy groups -OCH3 is 1. The van der Waals surface area contributed by atoms with Gasteiger partial charge in [0.15, 0.2) is 5.78 Å². The Balaban J connectivity index is 5.06. The van der Waals surface area contributed by atoms with Gasteiger partial charge in [-0.3, -0.25) is 4.79 Å². The van der Waals surface area contributed by atoms with E-state index in [2.05, 4.69) is 10.1 Å². The lowest BCUT2D eigenvalue weighted by Gasteiger charge is -2.33. The molecule has 5 nitrogen and oxygen atoms in total. The van der Waals surface area contributed by atoms with E-state index in [4.69, 9.17) is 4.74 Å². The van der Waals surface area contributed by atoms with Crippen molar-refractivity contribution in [3.63, 3.8) is 0 Å². The monoisotopic (exact) mass is 273 g/mol. The molecular formula is C14H27NO4. The first-order valence-corrected chi connectivity index (χ1v) is 6.45. The van der Waals surface area contributed by atoms with E-state index in [1.807, 2.05) is 41.5 Å². The Hall–Kier alpha value is -1.10. The fourth-order valence-corrected chi connectivity index (χ4v) is 1.67. The van der Waals surface area contributed by atoms with Crippen LogP contribution in [-0.2, 0) is 14.3 Å². The van der Waals surface area contributed by atoms with Gasteiger partial charge < -0.3 is 14.8 Å². The van der Waals surface area contributed by atoms with Gasteiger partial charge in [0.2, 0.25) is 0 Å². The van der Waals surface area contributed by atoms with Crippen LogP contribution in [0.2, 0.25) is 0 Å². The minimum Gasteiger partial charge on any atom is -0.453 e. The van der Waals surface area contributed by atoms with Crippen molar-refractivity contribution in [2.45, 2.75) is 66.2 Å². The molecule has 1 N–H and O–H groups in total. The standard InChI is InChI=1S/C14H27NO4/c1-9(19-14(5,6)7)10(15-12(17)18-8)11(16)13(2,3)4/h9-10H,1-8H3,(H,15,17)/t9-,10+/m1/s1. The Morgan fingerprint density at radius 1 is 1.05 bits per heavy atom. The van der Waals surface area contributed by atoms with E-state index in [-0.39, 0.29) is 5.78 Å². The van der Waals surface area contributed by atoms with Crippen LogP contribution in [0.1, 0.15) is 48.5 Å². The summed E-state index contributed by atoms with van der Waals surface area (Å²) in [6.07, 6.45) is -1.07. The number of ether oxygens (including phenoxy) is 2. The molecule has 0 saturated heterocycles. The summed E-state index contributed by atoms with van der Waals surface area (Å²) in [4.78, 5) is 23.8. The predicted molar refractivity (Wildman–Crippen MR) is 74.1 cm³/mol. The highest BCUT2D eigenvalue weighted by atomic mass is 16.5. The smallest absolute Gasteiger partial charge is 0.407 e. The summed E-state index contributed by atoms with van der Waals surface area (Å²) in [6, 6.07) is -0.730. The summed E-state index contributed by atoms with van der Waals surface area (Å²) in [5, 5.41) is 2.56. The molecule has 0 radical (unpaired) electrons. The van der Waals surface area contributed by atoms with Crippen molar-refractivity contribution < 1.29 is 19.1 Å². The third-order valence-corrected chi connectivity index (χ3v) is 2.49. The molecule has 0 spiro atoms. The zero-order valence-electron chi connectivity index (χ0n) is 13.3. The van der Waals surface area contributed by atoms with Gasteiger partial charge in [-0.2, -0.15) is 0 Å². The number of hydrogen-bond donors (Lipinski definition) is 1. The summed E-state index contributed by atoms with van der Waals surface area (Å²) in [6.45, 7) is 12.9. The number of Topliss-reactive ketones (excluding diaryl/α,β-unsaturated/α-hetero) is 1. The number of amides is 1. The van der Waals surface area contributed by atoms with Crippen molar-refractivity contribution in [1.82, 2.24) is 5.32 Å². The molecule has 112 valence electrons. The highest BCUT2D eigenvalue weighted by molar-refractivity contribution is 5.91. The first-order chi connectivity index (χ1) is 8.38. The molecule has 0 heterocycles. The third kappa shape index (κ3) is 6.57. The molecule has 1 amide bonds. The van der Waals surface area contributed by atoms with Gasteiger partial charge in [-0.05, 0) is 27.7 Å². The maximum Gasteiger partial charge on any atom is 0.407 e. The van der Waals surface area contributed by atoms with E-state index in [9.17, 15) is 9.59 Å². The van der Waals surface area contributed by atoms with Crippen LogP contribution in [0, 0.1) is 5.41 Å². The molecule has 0 unspecified atom stereocenters. The number of carbonyl (C=O) groups is 2. The molecule has 0 rings (SSSR count). The van der Waals surface area contributed by atoms with Gasteiger partial charge in [0.1, 0.15) is 6.04 Å². The van der Waals surface area contributed by atoms with Crippen molar-refractivity contribution in [1.29, 1.82) is 0 Å². The minimum absolute atomic E-state index is 0.0883. The van der Waals surface area contributed by atoms with Crippen molar-refractivity contribution in [2.75, 3.05) is 7.11 Å². The van der Waals surface area contributed by atoms with Crippen LogP contribution in [0.15, 0.2) is 0 Å². The van der Waals surface area contributed by atoms with Gasteiger partial charge in [0, 0.05) is 5.41 Å². The second-order valence-corrected chi connectivity index (χ2v) is 6.66. The van der Waals surface area contributed by atoms with Gasteiger partial charge in [0.05, 0.1) is 18.8 Å². The Morgan fingerprint density at radius 3 is 1.84 bits per heavy atom. The van der Waals surface area contributed by atoms with E-state index in [0.717, 1.165) is 0 Å². The molecule has 0 fully saturated rings. The molecule has 0 aromatic rings. The van der Waals surface area contributed by atoms with Gasteiger partial charge in [0.25, 0.3) is 0 Å². The van der Waals surface area contributed by atoms with Gasteiger partial charge in [-0.1, -0.05) is 20.8 Å². The Morgan fingerprint density at radius 2 is 1.53 bits per heavy atom. The summed E-state index contributed by atoms with van der Waals surface area (Å²) < 4.78 is 10.3. The van der Waals surface area contributed by atoms with E-state index in [1.165, 1.54) is 7.11 Å². The summed E-state index contributed by atoms with van der Waals surface area (Å²) in [5.41, 5.74) is -0.963. The average Bonchev–Trinajstić information content (AvgIpc) is 2.20. The van der Waals surface area contributed by atoms with Crippen LogP contribution in [0.25, 0.3) is 0 Å². The summed E-state index contributed by atoms with van der Waals surface area (Å²) in [5.74, 6) is -0.0883. The van der Waals surface area contributed by atoms with Crippen molar-refractivity contribution in [2.24, 2.45) is 5.41 Å². The van der Waals surface area contributed by atoms with Crippen LogP contribution in [0.3, 0.4) is 0 Å². The lowest BCUT2D eigenvalue weighted by molar-refractivity contribution is -0.136. The van der Waals surface area contributed by atoms with Crippen LogP contribution in [0.4, 0.5) is 4.79 Å². The predicted octanol–water partition coefficient (Wildman–Crippen LogP) is 2.53. The number of ketones is 1. The molecule has 0 saturated carbocycles. The molecule has 5 heteroatoms. The maximum absolute atomic E-state index is 12.4. The normalized spacial score (nSPS) is 15.6. The van der Waals surface area contributed by atoms with E-state index in [1.54, 1.807) is 6.92 Å². The zero-order chi connectivity index (χ0) is 15.4. The maximum atomic E-state index is 12.4. The summed E-state index contributed by atoms with van der Waals surface area (Å²) in [7, 11) is 1.27. The van der Waals surface area contributed by atoms with E-state index in [0.29, 0.717) is 0 Å². The number of rotatable bonds is 4. The number of hydrogen-bond acceptors (Lipinski definition) is 4. The molecule has 2 atom stereocenters. The first kappa shape index (κ1) is 17.9. The molecule has 0 aliphatic heterocycles. The second-order valence-electron chi connectivity index (χ2n) is 6.66. The zero-order valence-corrected chi connectivity index (χ0v) is 13.3. The second kappa shape index (κ2) is 6.37. The van der Waals surface area contributed by atoms with E-state index < -0.39 is 29.3 Å². The van der Waals surface area contributed by atoms with Crippen molar-refractivity contribution in [3.05, 3.63) is 0 Å². The Kier molecular flexibility index (Phi) is 6.00. The van der Waals surface area contributed by atoms with Crippen LogP contribution < -0.4 is 5.32 Å². The van der Waals surface area contributed by atoms with Gasteiger partial charge >= 0.3 is 6.09 Å². The van der Waals surface area contributed by atoms with Crippen LogP contribution >= 0.6 is 0 Å². The Labute approximate surface area is 116 Å². The van der Waals surface area contributed by atoms with Crippen molar-refractivity contribution in [3.8, 4) is 0 Å². The van der Waals surface area contributed by atoms with Gasteiger partial charge in [-0.15, -0.1) is 0 Å². The van der Waals surface area contributed by atoms with Gasteiger partial charge in [-0.25, -0.2) is 4.79 Å². The van der Waals surface area contributed by atoms with Crippen molar-refractivity contribution >= 4 is 11.9 Å². The molecule has 0 aromatic heterocycles. The molecule has 0 aliphatic rings. The fraction of sp³-hybridized carbons (Fsp3) is 0.857. The molecule has 0 aliphatic carbocycles. The lowest BCUT2D eigenvalue weighted by atomic mass is 9.84. The minimum atomic E-state index is -0.730. The highest BCUT2D eigenvalue weighted by Crippen LogP contribution is 2.21. The van der Waals surface area contributed by atoms with Crippen LogP contribution in [-0.4, -0.2) is 36.7 Å². The number of nitrogens with one attached hydrogen (secondary N) is 1. The van der Waals surface area contributed by atoms with Crippen LogP contribution in [0.5, 0.6) is 0 Å². The average molecular weight is 273 g/mol. The van der Waals surface area contributed by atoms with E-state index >= 15 is 0 Å². The Bertz CT molecular complexity index is 325. The number of alkyl carbamates (subject to hydrolysis) is 1. The number of carbonyl (C=O) groups excluding carboxylic acids is 2. The lowest BCUT2D eigenvalue weighted by Crippen LogP contribution is -2.53. The SMILES string of the molecule is COC(=O)N[C@H](C(=O)C(C)(C)C)[C@@H](C)OC(C)(C)C. The fourth-order valence-electron chi connectivity index (χ4n) is 1.67. The topological polar surface area (TPSA) is 64.6 Å². The largest absolute Gasteiger partial charge is 0.453 e. The highest BCUT2D eigenvalue weighted by Gasteiger charge is 2.36. The quantitative estimate of drug-likeness (QED) is 0.855. The molecule has 0 bridgehead atoms.